The molecule has 1 aromatic carbocycles. The van der Waals surface area contributed by atoms with Gasteiger partial charge in [0.1, 0.15) is 0 Å². The predicted molar refractivity (Wildman–Crippen MR) is 80.6 cm³/mol. The number of aryl methyl sites for hydroxylation is 1. The average Bonchev–Trinajstić information content (AvgIpc) is 3.20. The second kappa shape index (κ2) is 8.94. The molecule has 0 spiro atoms. The van der Waals surface area contributed by atoms with Gasteiger partial charge in [-0.2, -0.15) is 0 Å². The van der Waals surface area contributed by atoms with E-state index in [0.29, 0.717) is 6.54 Å². The van der Waals surface area contributed by atoms with E-state index in [4.69, 9.17) is 0 Å². The molecule has 0 saturated heterocycles. The van der Waals surface area contributed by atoms with Crippen molar-refractivity contribution in [3.63, 3.8) is 0 Å². The normalized spacial score (nSPS) is 13.7. The largest absolute Gasteiger partial charge is 0.355 e. The van der Waals surface area contributed by atoms with Gasteiger partial charge in [-0.15, -0.1) is 12.4 Å². The van der Waals surface area contributed by atoms with Crippen molar-refractivity contribution in [1.29, 1.82) is 0 Å². The van der Waals surface area contributed by atoms with Crippen LogP contribution in [0.3, 0.4) is 0 Å². The van der Waals surface area contributed by atoms with Crippen LogP contribution in [0.25, 0.3) is 0 Å². The van der Waals surface area contributed by atoms with E-state index in [-0.39, 0.29) is 18.3 Å². The van der Waals surface area contributed by atoms with E-state index in [1.807, 2.05) is 6.07 Å². The SMILES string of the molecule is Cl.O=C(CNCC1CC1)NCCCc1ccccc1. The summed E-state index contributed by atoms with van der Waals surface area (Å²) in [6.07, 6.45) is 4.67. The molecule has 2 rings (SSSR count). The third kappa shape index (κ3) is 7.19. The van der Waals surface area contributed by atoms with Gasteiger partial charge in [-0.3, -0.25) is 4.79 Å². The molecule has 1 fully saturated rings. The summed E-state index contributed by atoms with van der Waals surface area (Å²) in [6, 6.07) is 10.4. The molecule has 1 aliphatic carbocycles. The molecule has 0 unspecified atom stereocenters. The van der Waals surface area contributed by atoms with Crippen molar-refractivity contribution in [2.24, 2.45) is 5.92 Å². The first-order valence-corrected chi connectivity index (χ1v) is 6.86. The zero-order valence-corrected chi connectivity index (χ0v) is 12.0. The van der Waals surface area contributed by atoms with E-state index < -0.39 is 0 Å². The molecular formula is C15H23ClN2O. The minimum Gasteiger partial charge on any atom is -0.355 e. The molecular weight excluding hydrogens is 260 g/mol. The van der Waals surface area contributed by atoms with Gasteiger partial charge in [-0.25, -0.2) is 0 Å². The van der Waals surface area contributed by atoms with E-state index in [1.165, 1.54) is 18.4 Å². The Bertz CT molecular complexity index is 366. The zero-order valence-electron chi connectivity index (χ0n) is 11.2. The number of rotatable bonds is 8. The molecule has 1 saturated carbocycles. The predicted octanol–water partition coefficient (Wildman–Crippen LogP) is 2.16. The standard InChI is InChI=1S/C15H22N2O.ClH/c18-15(12-16-11-14-8-9-14)17-10-4-7-13-5-2-1-3-6-13;/h1-3,5-6,14,16H,4,7-12H2,(H,17,18);1H. The van der Waals surface area contributed by atoms with E-state index in [2.05, 4.69) is 34.9 Å². The van der Waals surface area contributed by atoms with Gasteiger partial charge in [0.15, 0.2) is 0 Å². The smallest absolute Gasteiger partial charge is 0.233 e. The number of carbonyl (C=O) groups excluding carboxylic acids is 1. The number of carbonyl (C=O) groups is 1. The molecule has 0 atom stereocenters. The lowest BCUT2D eigenvalue weighted by molar-refractivity contribution is -0.120. The van der Waals surface area contributed by atoms with Crippen molar-refractivity contribution in [2.45, 2.75) is 25.7 Å². The molecule has 0 heterocycles. The summed E-state index contributed by atoms with van der Waals surface area (Å²) in [7, 11) is 0. The second-order valence-corrected chi connectivity index (χ2v) is 5.01. The topological polar surface area (TPSA) is 41.1 Å². The average molecular weight is 283 g/mol. The van der Waals surface area contributed by atoms with Crippen molar-refractivity contribution in [1.82, 2.24) is 10.6 Å². The number of benzene rings is 1. The molecule has 1 aliphatic rings. The lowest BCUT2D eigenvalue weighted by Crippen LogP contribution is -2.35. The van der Waals surface area contributed by atoms with Crippen LogP contribution in [0.1, 0.15) is 24.8 Å². The lowest BCUT2D eigenvalue weighted by Gasteiger charge is -2.06. The van der Waals surface area contributed by atoms with E-state index in [0.717, 1.165) is 31.8 Å². The fourth-order valence-electron chi connectivity index (χ4n) is 1.94. The maximum atomic E-state index is 11.5. The summed E-state index contributed by atoms with van der Waals surface area (Å²) in [6.45, 7) is 2.22. The highest BCUT2D eigenvalue weighted by Crippen LogP contribution is 2.27. The Balaban J connectivity index is 0.00000180. The van der Waals surface area contributed by atoms with Gasteiger partial charge in [-0.05, 0) is 43.7 Å². The lowest BCUT2D eigenvalue weighted by atomic mass is 10.1. The summed E-state index contributed by atoms with van der Waals surface area (Å²) in [5.74, 6) is 0.944. The minimum atomic E-state index is 0. The van der Waals surface area contributed by atoms with Crippen LogP contribution >= 0.6 is 12.4 Å². The molecule has 3 nitrogen and oxygen atoms in total. The summed E-state index contributed by atoms with van der Waals surface area (Å²) >= 11 is 0. The van der Waals surface area contributed by atoms with Crippen LogP contribution in [0.15, 0.2) is 30.3 Å². The van der Waals surface area contributed by atoms with Crippen molar-refractivity contribution < 1.29 is 4.79 Å². The highest BCUT2D eigenvalue weighted by molar-refractivity contribution is 5.85. The third-order valence-corrected chi connectivity index (χ3v) is 3.22. The van der Waals surface area contributed by atoms with Crippen molar-refractivity contribution in [3.05, 3.63) is 35.9 Å². The molecule has 106 valence electrons. The molecule has 19 heavy (non-hydrogen) atoms. The molecule has 1 aromatic rings. The number of amides is 1. The number of nitrogens with one attached hydrogen (secondary N) is 2. The van der Waals surface area contributed by atoms with Crippen LogP contribution in [0.5, 0.6) is 0 Å². The van der Waals surface area contributed by atoms with Crippen molar-refractivity contribution in [2.75, 3.05) is 19.6 Å². The Morgan fingerprint density at radius 1 is 1.21 bits per heavy atom. The number of halogens is 1. The maximum absolute atomic E-state index is 11.5. The van der Waals surface area contributed by atoms with E-state index >= 15 is 0 Å². The highest BCUT2D eigenvalue weighted by atomic mass is 35.5. The second-order valence-electron chi connectivity index (χ2n) is 5.01. The van der Waals surface area contributed by atoms with Gasteiger partial charge < -0.3 is 10.6 Å². The van der Waals surface area contributed by atoms with Gasteiger partial charge in [0, 0.05) is 6.54 Å². The molecule has 2 N–H and O–H groups in total. The maximum Gasteiger partial charge on any atom is 0.233 e. The summed E-state index contributed by atoms with van der Waals surface area (Å²) < 4.78 is 0. The van der Waals surface area contributed by atoms with Crippen molar-refractivity contribution >= 4 is 18.3 Å². The Morgan fingerprint density at radius 3 is 2.63 bits per heavy atom. The Hall–Kier alpha value is -1.06. The third-order valence-electron chi connectivity index (χ3n) is 3.22. The molecule has 0 aromatic heterocycles. The first-order valence-electron chi connectivity index (χ1n) is 6.86. The fourth-order valence-corrected chi connectivity index (χ4v) is 1.94. The van der Waals surface area contributed by atoms with Crippen molar-refractivity contribution in [3.8, 4) is 0 Å². The van der Waals surface area contributed by atoms with Gasteiger partial charge in [0.2, 0.25) is 5.91 Å². The summed E-state index contributed by atoms with van der Waals surface area (Å²) in [4.78, 5) is 11.5. The quantitative estimate of drug-likeness (QED) is 0.718. The monoisotopic (exact) mass is 282 g/mol. The molecule has 4 heteroatoms. The summed E-state index contributed by atoms with van der Waals surface area (Å²) in [5, 5.41) is 6.14. The van der Waals surface area contributed by atoms with Gasteiger partial charge >= 0.3 is 0 Å². The van der Waals surface area contributed by atoms with Crippen LogP contribution < -0.4 is 10.6 Å². The van der Waals surface area contributed by atoms with Crippen LogP contribution in [0.2, 0.25) is 0 Å². The van der Waals surface area contributed by atoms with Crippen LogP contribution in [0.4, 0.5) is 0 Å². The van der Waals surface area contributed by atoms with Gasteiger partial charge in [-0.1, -0.05) is 30.3 Å². The van der Waals surface area contributed by atoms with E-state index in [1.54, 1.807) is 0 Å². The van der Waals surface area contributed by atoms with Crippen LogP contribution in [-0.2, 0) is 11.2 Å². The zero-order chi connectivity index (χ0) is 12.6. The van der Waals surface area contributed by atoms with Gasteiger partial charge in [0.25, 0.3) is 0 Å². The van der Waals surface area contributed by atoms with Crippen LogP contribution in [-0.4, -0.2) is 25.5 Å². The Kier molecular flexibility index (Phi) is 7.53. The van der Waals surface area contributed by atoms with E-state index in [9.17, 15) is 4.79 Å². The molecule has 0 aliphatic heterocycles. The summed E-state index contributed by atoms with van der Waals surface area (Å²) in [5.41, 5.74) is 1.33. The first kappa shape index (κ1) is 16.0. The fraction of sp³-hybridized carbons (Fsp3) is 0.533. The molecule has 0 bridgehead atoms. The minimum absolute atomic E-state index is 0. The molecule has 1 amide bonds. The van der Waals surface area contributed by atoms with Gasteiger partial charge in [0.05, 0.1) is 6.54 Å². The first-order chi connectivity index (χ1) is 8.84. The van der Waals surface area contributed by atoms with Crippen LogP contribution in [0, 0.1) is 5.92 Å². The number of hydrogen-bond acceptors (Lipinski definition) is 2. The molecule has 0 radical (unpaired) electrons. The Morgan fingerprint density at radius 2 is 1.95 bits per heavy atom. The highest BCUT2D eigenvalue weighted by Gasteiger charge is 2.20. The number of hydrogen-bond donors (Lipinski definition) is 2. The Labute approximate surface area is 121 Å².